The Morgan fingerprint density at radius 2 is 2.15 bits per heavy atom. The second-order valence-electron chi connectivity index (χ2n) is 4.57. The van der Waals surface area contributed by atoms with Gasteiger partial charge in [0.05, 0.1) is 18.4 Å². The van der Waals surface area contributed by atoms with Crippen LogP contribution in [0.5, 0.6) is 5.75 Å². The van der Waals surface area contributed by atoms with E-state index in [9.17, 15) is 4.79 Å². The zero-order chi connectivity index (χ0) is 14.5. The first kappa shape index (κ1) is 14.3. The van der Waals surface area contributed by atoms with Crippen molar-refractivity contribution in [2.24, 2.45) is 0 Å². The molecule has 106 valence electrons. The molecule has 5 nitrogen and oxygen atoms in total. The van der Waals surface area contributed by atoms with Crippen LogP contribution in [0, 0.1) is 6.92 Å². The van der Waals surface area contributed by atoms with E-state index in [1.54, 1.807) is 7.11 Å². The molecule has 0 aliphatic carbocycles. The van der Waals surface area contributed by atoms with Crippen LogP contribution < -0.4 is 15.6 Å². The van der Waals surface area contributed by atoms with Crippen LogP contribution in [0.25, 0.3) is 11.4 Å². The highest BCUT2D eigenvalue weighted by atomic mass is 16.5. The van der Waals surface area contributed by atoms with Crippen molar-refractivity contribution < 1.29 is 4.74 Å². The van der Waals surface area contributed by atoms with E-state index in [1.165, 1.54) is 6.07 Å². The number of nitrogens with one attached hydrogen (secondary N) is 2. The van der Waals surface area contributed by atoms with Crippen molar-refractivity contribution in [1.82, 2.24) is 15.3 Å². The molecule has 20 heavy (non-hydrogen) atoms. The van der Waals surface area contributed by atoms with Crippen molar-refractivity contribution in [2.75, 3.05) is 13.7 Å². The lowest BCUT2D eigenvalue weighted by molar-refractivity contribution is 0.416. The molecule has 0 spiro atoms. The minimum absolute atomic E-state index is 0.162. The number of aromatic amines is 1. The van der Waals surface area contributed by atoms with Gasteiger partial charge in [0.2, 0.25) is 0 Å². The Bertz CT molecular complexity index is 650. The molecule has 2 rings (SSSR count). The van der Waals surface area contributed by atoms with Crippen LogP contribution in [0.1, 0.15) is 18.2 Å². The molecule has 0 aliphatic heterocycles. The topological polar surface area (TPSA) is 67.0 Å². The summed E-state index contributed by atoms with van der Waals surface area (Å²) >= 11 is 0. The van der Waals surface area contributed by atoms with Crippen molar-refractivity contribution in [3.05, 3.63) is 45.9 Å². The maximum atomic E-state index is 11.7. The summed E-state index contributed by atoms with van der Waals surface area (Å²) in [6.07, 6.45) is 0. The minimum Gasteiger partial charge on any atom is -0.496 e. The summed E-state index contributed by atoms with van der Waals surface area (Å²) in [6, 6.07) is 7.30. The number of hydrogen-bond donors (Lipinski definition) is 2. The molecular weight excluding hydrogens is 254 g/mol. The lowest BCUT2D eigenvalue weighted by Gasteiger charge is -2.10. The van der Waals surface area contributed by atoms with Gasteiger partial charge >= 0.3 is 0 Å². The molecule has 0 saturated heterocycles. The van der Waals surface area contributed by atoms with Gasteiger partial charge in [-0.15, -0.1) is 0 Å². The first-order valence-electron chi connectivity index (χ1n) is 6.60. The SMILES string of the molecule is CCNCc1cc(=O)[nH]c(-c2ccc(C)cc2OC)n1. The highest BCUT2D eigenvalue weighted by Crippen LogP contribution is 2.27. The van der Waals surface area contributed by atoms with Crippen molar-refractivity contribution in [3.8, 4) is 17.1 Å². The average molecular weight is 273 g/mol. The summed E-state index contributed by atoms with van der Waals surface area (Å²) in [4.78, 5) is 19.0. The van der Waals surface area contributed by atoms with E-state index in [1.807, 2.05) is 32.0 Å². The van der Waals surface area contributed by atoms with Gasteiger partial charge < -0.3 is 15.0 Å². The van der Waals surface area contributed by atoms with Crippen molar-refractivity contribution in [2.45, 2.75) is 20.4 Å². The first-order valence-corrected chi connectivity index (χ1v) is 6.60. The Morgan fingerprint density at radius 3 is 2.85 bits per heavy atom. The Labute approximate surface area is 118 Å². The molecule has 0 saturated carbocycles. The van der Waals surface area contributed by atoms with Crippen LogP contribution in [-0.2, 0) is 6.54 Å². The molecular formula is C15H19N3O2. The Kier molecular flexibility index (Phi) is 4.53. The average Bonchev–Trinajstić information content (AvgIpc) is 2.44. The van der Waals surface area contributed by atoms with Gasteiger partial charge in [-0.05, 0) is 31.2 Å². The molecule has 1 aromatic carbocycles. The highest BCUT2D eigenvalue weighted by Gasteiger charge is 2.10. The second-order valence-corrected chi connectivity index (χ2v) is 4.57. The Hall–Kier alpha value is -2.14. The third-order valence-corrected chi connectivity index (χ3v) is 2.96. The molecule has 0 unspecified atom stereocenters. The fraction of sp³-hybridized carbons (Fsp3) is 0.333. The van der Waals surface area contributed by atoms with Gasteiger partial charge in [-0.2, -0.15) is 0 Å². The summed E-state index contributed by atoms with van der Waals surface area (Å²) in [6.45, 7) is 5.40. The third kappa shape index (κ3) is 3.24. The largest absolute Gasteiger partial charge is 0.496 e. The number of rotatable bonds is 5. The summed E-state index contributed by atoms with van der Waals surface area (Å²) in [5, 5.41) is 3.16. The van der Waals surface area contributed by atoms with E-state index in [-0.39, 0.29) is 5.56 Å². The van der Waals surface area contributed by atoms with Gasteiger partial charge in [0.15, 0.2) is 0 Å². The predicted molar refractivity (Wildman–Crippen MR) is 79.0 cm³/mol. The maximum Gasteiger partial charge on any atom is 0.251 e. The molecule has 2 aromatic rings. The zero-order valence-corrected chi connectivity index (χ0v) is 12.0. The van der Waals surface area contributed by atoms with E-state index in [0.717, 1.165) is 17.7 Å². The number of benzene rings is 1. The van der Waals surface area contributed by atoms with Crippen LogP contribution in [0.15, 0.2) is 29.1 Å². The van der Waals surface area contributed by atoms with Crippen LogP contribution in [-0.4, -0.2) is 23.6 Å². The van der Waals surface area contributed by atoms with Crippen molar-refractivity contribution >= 4 is 0 Å². The molecule has 2 N–H and O–H groups in total. The van der Waals surface area contributed by atoms with Crippen LogP contribution in [0.4, 0.5) is 0 Å². The molecule has 0 aliphatic rings. The van der Waals surface area contributed by atoms with E-state index in [4.69, 9.17) is 4.74 Å². The molecule has 0 amide bonds. The number of hydrogen-bond acceptors (Lipinski definition) is 4. The van der Waals surface area contributed by atoms with Gasteiger partial charge in [-0.3, -0.25) is 4.79 Å². The van der Waals surface area contributed by atoms with Crippen molar-refractivity contribution in [1.29, 1.82) is 0 Å². The van der Waals surface area contributed by atoms with Gasteiger partial charge in [0, 0.05) is 12.6 Å². The smallest absolute Gasteiger partial charge is 0.251 e. The Balaban J connectivity index is 2.46. The number of nitrogens with zero attached hydrogens (tertiary/aromatic N) is 1. The number of ether oxygens (including phenoxy) is 1. The highest BCUT2D eigenvalue weighted by molar-refractivity contribution is 5.64. The van der Waals surface area contributed by atoms with Crippen LogP contribution in [0.3, 0.4) is 0 Å². The minimum atomic E-state index is -0.162. The summed E-state index contributed by atoms with van der Waals surface area (Å²) < 4.78 is 5.36. The fourth-order valence-electron chi connectivity index (χ4n) is 1.97. The number of aryl methyl sites for hydroxylation is 1. The Morgan fingerprint density at radius 1 is 1.35 bits per heavy atom. The van der Waals surface area contributed by atoms with Gasteiger partial charge in [-0.1, -0.05) is 13.0 Å². The van der Waals surface area contributed by atoms with Crippen LogP contribution >= 0.6 is 0 Å². The summed E-state index contributed by atoms with van der Waals surface area (Å²) in [7, 11) is 1.61. The molecule has 5 heteroatoms. The standard InChI is InChI=1S/C15H19N3O2/c1-4-16-9-11-8-14(19)18-15(17-11)12-6-5-10(2)7-13(12)20-3/h5-8,16H,4,9H2,1-3H3,(H,17,18,19). The zero-order valence-electron chi connectivity index (χ0n) is 12.0. The van der Waals surface area contributed by atoms with Gasteiger partial charge in [0.25, 0.3) is 5.56 Å². The predicted octanol–water partition coefficient (Wildman–Crippen LogP) is 1.86. The first-order chi connectivity index (χ1) is 9.63. The van der Waals surface area contributed by atoms with Gasteiger partial charge in [-0.25, -0.2) is 4.98 Å². The fourth-order valence-corrected chi connectivity index (χ4v) is 1.97. The van der Waals surface area contributed by atoms with Crippen molar-refractivity contribution in [3.63, 3.8) is 0 Å². The van der Waals surface area contributed by atoms with Gasteiger partial charge in [0.1, 0.15) is 11.6 Å². The van der Waals surface area contributed by atoms with E-state index in [0.29, 0.717) is 23.8 Å². The molecule has 0 atom stereocenters. The molecule has 0 fully saturated rings. The van der Waals surface area contributed by atoms with E-state index >= 15 is 0 Å². The lowest BCUT2D eigenvalue weighted by atomic mass is 10.1. The van der Waals surface area contributed by atoms with E-state index < -0.39 is 0 Å². The molecule has 0 radical (unpaired) electrons. The number of H-pyrrole nitrogens is 1. The number of methoxy groups -OCH3 is 1. The summed E-state index contributed by atoms with van der Waals surface area (Å²) in [5.41, 5.74) is 2.43. The lowest BCUT2D eigenvalue weighted by Crippen LogP contribution is -2.17. The second kappa shape index (κ2) is 6.34. The third-order valence-electron chi connectivity index (χ3n) is 2.96. The summed E-state index contributed by atoms with van der Waals surface area (Å²) in [5.74, 6) is 1.23. The molecule has 1 heterocycles. The van der Waals surface area contributed by atoms with E-state index in [2.05, 4.69) is 15.3 Å². The maximum absolute atomic E-state index is 11.7. The molecule has 1 aromatic heterocycles. The quantitative estimate of drug-likeness (QED) is 0.872. The monoisotopic (exact) mass is 273 g/mol. The number of aromatic nitrogens is 2. The van der Waals surface area contributed by atoms with Crippen LogP contribution in [0.2, 0.25) is 0 Å². The normalized spacial score (nSPS) is 10.6. The molecule has 0 bridgehead atoms.